The molecule has 2 aromatic rings. The van der Waals surface area contributed by atoms with Crippen molar-refractivity contribution in [1.29, 1.82) is 0 Å². The molecule has 0 fully saturated rings. The highest BCUT2D eigenvalue weighted by Crippen LogP contribution is 2.35. The summed E-state index contributed by atoms with van der Waals surface area (Å²) in [6, 6.07) is 6.37. The highest BCUT2D eigenvalue weighted by molar-refractivity contribution is 7.08. The van der Waals surface area contributed by atoms with Crippen LogP contribution in [0.4, 0.5) is 0 Å². The van der Waals surface area contributed by atoms with Crippen molar-refractivity contribution in [2.45, 2.75) is 13.0 Å². The topological polar surface area (TPSA) is 30.5 Å². The van der Waals surface area contributed by atoms with E-state index in [1.165, 1.54) is 16.7 Å². The van der Waals surface area contributed by atoms with Gasteiger partial charge in [-0.1, -0.05) is 6.07 Å². The Hall–Kier alpha value is -1.52. The summed E-state index contributed by atoms with van der Waals surface area (Å²) in [7, 11) is 1.98. The summed E-state index contributed by atoms with van der Waals surface area (Å²) in [6.07, 6.45) is 0. The maximum absolute atomic E-state index is 5.66. The molecule has 0 amide bonds. The van der Waals surface area contributed by atoms with Gasteiger partial charge >= 0.3 is 0 Å². The number of fused-ring (bicyclic) bond motifs is 1. The van der Waals surface area contributed by atoms with Gasteiger partial charge in [-0.25, -0.2) is 0 Å². The number of ether oxygens (including phenoxy) is 2. The molecule has 4 heteroatoms. The second-order valence-electron chi connectivity index (χ2n) is 4.63. The standard InChI is InChI=1S/C15H17NO2S/c1-10-8-19-9-12(10)15(16-2)11-3-4-13-14(7-11)18-6-5-17-13/h3-4,7-9,15-16H,5-6H2,1-2H3. The fourth-order valence-corrected chi connectivity index (χ4v) is 3.28. The Kier molecular flexibility index (Phi) is 3.44. The molecule has 1 atom stereocenters. The van der Waals surface area contributed by atoms with Crippen LogP contribution in [0.3, 0.4) is 0 Å². The normalized spacial score (nSPS) is 15.3. The largest absolute Gasteiger partial charge is 0.486 e. The first kappa shape index (κ1) is 12.5. The molecule has 0 radical (unpaired) electrons. The van der Waals surface area contributed by atoms with Crippen LogP contribution in [0.15, 0.2) is 29.0 Å². The van der Waals surface area contributed by atoms with Gasteiger partial charge in [-0.3, -0.25) is 0 Å². The summed E-state index contributed by atoms with van der Waals surface area (Å²) in [4.78, 5) is 0. The maximum Gasteiger partial charge on any atom is 0.161 e. The third kappa shape index (κ3) is 2.33. The van der Waals surface area contributed by atoms with E-state index in [2.05, 4.69) is 35.1 Å². The fraction of sp³-hybridized carbons (Fsp3) is 0.333. The number of nitrogens with one attached hydrogen (secondary N) is 1. The van der Waals surface area contributed by atoms with Crippen molar-refractivity contribution in [2.24, 2.45) is 0 Å². The second kappa shape index (κ2) is 5.23. The molecule has 0 saturated heterocycles. The number of thiophene rings is 1. The first-order valence-electron chi connectivity index (χ1n) is 6.39. The monoisotopic (exact) mass is 275 g/mol. The Morgan fingerprint density at radius 3 is 2.63 bits per heavy atom. The minimum Gasteiger partial charge on any atom is -0.486 e. The van der Waals surface area contributed by atoms with Crippen LogP contribution in [0.1, 0.15) is 22.7 Å². The summed E-state index contributed by atoms with van der Waals surface area (Å²) in [5, 5.41) is 7.76. The van der Waals surface area contributed by atoms with Crippen molar-refractivity contribution in [1.82, 2.24) is 5.32 Å². The Morgan fingerprint density at radius 1 is 1.16 bits per heavy atom. The lowest BCUT2D eigenvalue weighted by Gasteiger charge is -2.22. The molecule has 1 aliphatic rings. The van der Waals surface area contributed by atoms with Gasteiger partial charge in [0.1, 0.15) is 13.2 Å². The first-order valence-corrected chi connectivity index (χ1v) is 7.33. The van der Waals surface area contributed by atoms with Gasteiger partial charge in [-0.15, -0.1) is 0 Å². The SMILES string of the molecule is CNC(c1ccc2c(c1)OCCO2)c1cscc1C. The van der Waals surface area contributed by atoms with Crippen LogP contribution in [-0.4, -0.2) is 20.3 Å². The van der Waals surface area contributed by atoms with Gasteiger partial charge in [0.25, 0.3) is 0 Å². The van der Waals surface area contributed by atoms with Crippen LogP contribution in [-0.2, 0) is 0 Å². The average molecular weight is 275 g/mol. The summed E-state index contributed by atoms with van der Waals surface area (Å²) in [5.41, 5.74) is 3.84. The molecule has 3 rings (SSSR count). The van der Waals surface area contributed by atoms with Gasteiger partial charge in [0.2, 0.25) is 0 Å². The van der Waals surface area contributed by atoms with Gasteiger partial charge < -0.3 is 14.8 Å². The third-order valence-corrected chi connectivity index (χ3v) is 4.27. The zero-order valence-corrected chi connectivity index (χ0v) is 11.9. The Balaban J connectivity index is 1.98. The quantitative estimate of drug-likeness (QED) is 0.933. The van der Waals surface area contributed by atoms with Crippen molar-refractivity contribution in [3.8, 4) is 11.5 Å². The molecule has 100 valence electrons. The average Bonchev–Trinajstić information content (AvgIpc) is 2.86. The smallest absolute Gasteiger partial charge is 0.161 e. The summed E-state index contributed by atoms with van der Waals surface area (Å²) in [6.45, 7) is 3.40. The predicted molar refractivity (Wildman–Crippen MR) is 77.4 cm³/mol. The summed E-state index contributed by atoms with van der Waals surface area (Å²) >= 11 is 1.74. The van der Waals surface area contributed by atoms with Gasteiger partial charge in [0, 0.05) is 0 Å². The van der Waals surface area contributed by atoms with Crippen LogP contribution in [0.5, 0.6) is 11.5 Å². The molecule has 1 N–H and O–H groups in total. The zero-order valence-electron chi connectivity index (χ0n) is 11.1. The zero-order chi connectivity index (χ0) is 13.2. The van der Waals surface area contributed by atoms with Gasteiger partial charge in [-0.05, 0) is 53.6 Å². The minimum atomic E-state index is 0.196. The minimum absolute atomic E-state index is 0.196. The third-order valence-electron chi connectivity index (χ3n) is 3.39. The van der Waals surface area contributed by atoms with Crippen molar-refractivity contribution in [2.75, 3.05) is 20.3 Å². The van der Waals surface area contributed by atoms with Crippen molar-refractivity contribution in [3.63, 3.8) is 0 Å². The van der Waals surface area contributed by atoms with Crippen LogP contribution in [0.2, 0.25) is 0 Å². The highest BCUT2D eigenvalue weighted by Gasteiger charge is 2.18. The summed E-state index contributed by atoms with van der Waals surface area (Å²) in [5.74, 6) is 1.68. The second-order valence-corrected chi connectivity index (χ2v) is 5.38. The van der Waals surface area contributed by atoms with E-state index in [0.717, 1.165) is 11.5 Å². The van der Waals surface area contributed by atoms with E-state index in [9.17, 15) is 0 Å². The number of aryl methyl sites for hydroxylation is 1. The number of rotatable bonds is 3. The first-order chi connectivity index (χ1) is 9.29. The molecule has 0 saturated carbocycles. The number of hydrogen-bond acceptors (Lipinski definition) is 4. The summed E-state index contributed by atoms with van der Waals surface area (Å²) < 4.78 is 11.2. The lowest BCUT2D eigenvalue weighted by Crippen LogP contribution is -2.19. The van der Waals surface area contributed by atoms with Gasteiger partial charge in [-0.2, -0.15) is 11.3 Å². The number of hydrogen-bond donors (Lipinski definition) is 1. The van der Waals surface area contributed by atoms with Crippen molar-refractivity contribution in [3.05, 3.63) is 45.6 Å². The Labute approximate surface area is 117 Å². The van der Waals surface area contributed by atoms with E-state index in [4.69, 9.17) is 9.47 Å². The Morgan fingerprint density at radius 2 is 1.95 bits per heavy atom. The molecular weight excluding hydrogens is 258 g/mol. The lowest BCUT2D eigenvalue weighted by atomic mass is 9.98. The Bertz CT molecular complexity index is 579. The van der Waals surface area contributed by atoms with Crippen molar-refractivity contribution < 1.29 is 9.47 Å². The highest BCUT2D eigenvalue weighted by atomic mass is 32.1. The predicted octanol–water partition coefficient (Wildman–Crippen LogP) is 3.14. The van der Waals surface area contributed by atoms with Gasteiger partial charge in [0.15, 0.2) is 11.5 Å². The van der Waals surface area contributed by atoms with E-state index in [-0.39, 0.29) is 6.04 Å². The van der Waals surface area contributed by atoms with E-state index in [1.54, 1.807) is 11.3 Å². The molecule has 0 spiro atoms. The molecule has 0 bridgehead atoms. The van der Waals surface area contributed by atoms with Crippen LogP contribution >= 0.6 is 11.3 Å². The molecule has 1 unspecified atom stereocenters. The van der Waals surface area contributed by atoms with E-state index >= 15 is 0 Å². The van der Waals surface area contributed by atoms with Gasteiger partial charge in [0.05, 0.1) is 6.04 Å². The van der Waals surface area contributed by atoms with Crippen LogP contribution in [0, 0.1) is 6.92 Å². The van der Waals surface area contributed by atoms with Crippen LogP contribution < -0.4 is 14.8 Å². The van der Waals surface area contributed by atoms with E-state index in [0.29, 0.717) is 13.2 Å². The molecule has 3 nitrogen and oxygen atoms in total. The molecule has 19 heavy (non-hydrogen) atoms. The fourth-order valence-electron chi connectivity index (χ4n) is 2.41. The lowest BCUT2D eigenvalue weighted by molar-refractivity contribution is 0.171. The molecule has 2 heterocycles. The molecule has 1 aromatic heterocycles. The van der Waals surface area contributed by atoms with E-state index in [1.807, 2.05) is 13.1 Å². The molecule has 1 aromatic carbocycles. The molecule has 0 aliphatic carbocycles. The number of benzene rings is 1. The molecular formula is C15H17NO2S. The van der Waals surface area contributed by atoms with Crippen LogP contribution in [0.25, 0.3) is 0 Å². The maximum atomic E-state index is 5.66. The van der Waals surface area contributed by atoms with E-state index < -0.39 is 0 Å². The van der Waals surface area contributed by atoms with Crippen molar-refractivity contribution >= 4 is 11.3 Å². The molecule has 1 aliphatic heterocycles.